The Morgan fingerprint density at radius 1 is 1.08 bits per heavy atom. The van der Waals surface area contributed by atoms with Gasteiger partial charge in [-0.05, 0) is 29.8 Å². The van der Waals surface area contributed by atoms with E-state index in [2.05, 4.69) is 4.74 Å². The van der Waals surface area contributed by atoms with Gasteiger partial charge in [0.15, 0.2) is 0 Å². The molecule has 0 aromatic heterocycles. The average molecular weight is 318 g/mol. The molecule has 0 saturated heterocycles. The van der Waals surface area contributed by atoms with Gasteiger partial charge in [-0.3, -0.25) is 0 Å². The van der Waals surface area contributed by atoms with Crippen molar-refractivity contribution in [2.45, 2.75) is 6.61 Å². The molecule has 2 aromatic carbocycles. The molecule has 0 atom stereocenters. The number of methoxy groups -OCH3 is 1. The Labute approximate surface area is 140 Å². The molecule has 5 nitrogen and oxygen atoms in total. The van der Waals surface area contributed by atoms with Crippen LogP contribution in [0.1, 0.15) is 21.5 Å². The van der Waals surface area contributed by atoms with Crippen molar-refractivity contribution < 1.29 is 14.3 Å². The minimum Gasteiger partial charge on any atom is -0.488 e. The molecule has 0 unspecified atom stereocenters. The molecule has 5 heteroatoms. The maximum atomic E-state index is 11.4. The number of hydrogen-bond donors (Lipinski definition) is 0. The quantitative estimate of drug-likeness (QED) is 0.622. The van der Waals surface area contributed by atoms with Crippen LogP contribution in [0.4, 0.5) is 0 Å². The van der Waals surface area contributed by atoms with Crippen LogP contribution in [0.5, 0.6) is 5.75 Å². The summed E-state index contributed by atoms with van der Waals surface area (Å²) in [6.45, 7) is 0.292. The molecule has 24 heavy (non-hydrogen) atoms. The Bertz CT molecular complexity index is 824. The van der Waals surface area contributed by atoms with Gasteiger partial charge < -0.3 is 9.47 Å². The van der Waals surface area contributed by atoms with Crippen molar-refractivity contribution in [2.24, 2.45) is 0 Å². The van der Waals surface area contributed by atoms with Crippen LogP contribution < -0.4 is 4.74 Å². The van der Waals surface area contributed by atoms with Gasteiger partial charge in [-0.1, -0.05) is 30.3 Å². The van der Waals surface area contributed by atoms with Crippen molar-refractivity contribution in [1.29, 1.82) is 10.5 Å². The SMILES string of the molecule is COC(=O)c1ccc(COc2ccccc2C=C(C#N)C#N)cc1. The zero-order valence-electron chi connectivity index (χ0n) is 13.0. The van der Waals surface area contributed by atoms with Gasteiger partial charge in [0.1, 0.15) is 30.1 Å². The number of carbonyl (C=O) groups excluding carboxylic acids is 1. The van der Waals surface area contributed by atoms with Crippen LogP contribution in [0, 0.1) is 22.7 Å². The summed E-state index contributed by atoms with van der Waals surface area (Å²) in [4.78, 5) is 11.4. The fraction of sp³-hybridized carbons (Fsp3) is 0.105. The lowest BCUT2D eigenvalue weighted by molar-refractivity contribution is 0.0600. The maximum Gasteiger partial charge on any atom is 0.337 e. The lowest BCUT2D eigenvalue weighted by Gasteiger charge is -2.09. The molecular formula is C19H14N2O3. The smallest absolute Gasteiger partial charge is 0.337 e. The van der Waals surface area contributed by atoms with Gasteiger partial charge in [-0.25, -0.2) is 4.79 Å². The van der Waals surface area contributed by atoms with Crippen LogP contribution in [0.2, 0.25) is 0 Å². The predicted molar refractivity (Wildman–Crippen MR) is 87.8 cm³/mol. The van der Waals surface area contributed by atoms with E-state index < -0.39 is 5.97 Å². The molecule has 0 aliphatic heterocycles. The van der Waals surface area contributed by atoms with Crippen LogP contribution >= 0.6 is 0 Å². The maximum absolute atomic E-state index is 11.4. The number of nitrogens with zero attached hydrogens (tertiary/aromatic N) is 2. The first-order valence-electron chi connectivity index (χ1n) is 7.09. The van der Waals surface area contributed by atoms with E-state index in [1.807, 2.05) is 18.2 Å². The minimum absolute atomic E-state index is 0.00785. The molecule has 0 N–H and O–H groups in total. The fourth-order valence-electron chi connectivity index (χ4n) is 1.99. The Hall–Kier alpha value is -3.57. The van der Waals surface area contributed by atoms with E-state index in [0.29, 0.717) is 23.5 Å². The molecular weight excluding hydrogens is 304 g/mol. The van der Waals surface area contributed by atoms with Gasteiger partial charge in [0.25, 0.3) is 0 Å². The third-order valence-electron chi connectivity index (χ3n) is 3.23. The largest absolute Gasteiger partial charge is 0.488 e. The Morgan fingerprint density at radius 2 is 1.75 bits per heavy atom. The van der Waals surface area contributed by atoms with Crippen molar-refractivity contribution in [2.75, 3.05) is 7.11 Å². The number of benzene rings is 2. The number of ether oxygens (including phenoxy) is 2. The summed E-state index contributed by atoms with van der Waals surface area (Å²) < 4.78 is 10.4. The molecule has 0 spiro atoms. The molecule has 0 fully saturated rings. The first-order chi connectivity index (χ1) is 11.7. The second-order valence-corrected chi connectivity index (χ2v) is 4.80. The summed E-state index contributed by atoms with van der Waals surface area (Å²) in [6.07, 6.45) is 1.48. The van der Waals surface area contributed by atoms with Crippen LogP contribution in [-0.4, -0.2) is 13.1 Å². The summed E-state index contributed by atoms with van der Waals surface area (Å²) in [5.74, 6) is 0.177. The number of carbonyl (C=O) groups is 1. The topological polar surface area (TPSA) is 83.1 Å². The van der Waals surface area contributed by atoms with Crippen LogP contribution in [0.25, 0.3) is 6.08 Å². The Kier molecular flexibility index (Phi) is 5.71. The summed E-state index contributed by atoms with van der Waals surface area (Å²) in [5.41, 5.74) is 2.01. The average Bonchev–Trinajstić information content (AvgIpc) is 2.65. The van der Waals surface area contributed by atoms with Gasteiger partial charge >= 0.3 is 5.97 Å². The van der Waals surface area contributed by atoms with E-state index in [-0.39, 0.29) is 5.57 Å². The predicted octanol–water partition coefficient (Wildman–Crippen LogP) is 3.48. The second kappa shape index (κ2) is 8.17. The number of rotatable bonds is 5. The monoisotopic (exact) mass is 318 g/mol. The van der Waals surface area contributed by atoms with Gasteiger partial charge in [-0.15, -0.1) is 0 Å². The standard InChI is InChI=1S/C19H14N2O3/c1-23-19(22)16-8-6-14(7-9-16)13-24-18-5-3-2-4-17(18)10-15(11-20)12-21/h2-10H,13H2,1H3. The van der Waals surface area contributed by atoms with Crippen LogP contribution in [0.15, 0.2) is 54.1 Å². The van der Waals surface area contributed by atoms with Crippen molar-refractivity contribution in [3.05, 3.63) is 70.8 Å². The van der Waals surface area contributed by atoms with Crippen molar-refractivity contribution in [3.8, 4) is 17.9 Å². The van der Waals surface area contributed by atoms with E-state index in [9.17, 15) is 4.79 Å². The molecule has 0 bridgehead atoms. The van der Waals surface area contributed by atoms with Crippen LogP contribution in [0.3, 0.4) is 0 Å². The summed E-state index contributed by atoms with van der Waals surface area (Å²) in [7, 11) is 1.33. The Morgan fingerprint density at radius 3 is 2.38 bits per heavy atom. The van der Waals surface area contributed by atoms with Crippen molar-refractivity contribution >= 4 is 12.0 Å². The van der Waals surface area contributed by atoms with Crippen molar-refractivity contribution in [1.82, 2.24) is 0 Å². The summed E-state index contributed by atoms with van der Waals surface area (Å²) >= 11 is 0. The highest BCUT2D eigenvalue weighted by Crippen LogP contribution is 2.22. The van der Waals surface area contributed by atoms with E-state index >= 15 is 0 Å². The van der Waals surface area contributed by atoms with E-state index in [1.165, 1.54) is 13.2 Å². The van der Waals surface area contributed by atoms with Crippen LogP contribution in [-0.2, 0) is 11.3 Å². The molecule has 2 aromatic rings. The Balaban J connectivity index is 2.13. The molecule has 118 valence electrons. The number of esters is 1. The van der Waals surface area contributed by atoms with Gasteiger partial charge in [0.2, 0.25) is 0 Å². The third-order valence-corrected chi connectivity index (χ3v) is 3.23. The molecule has 0 saturated carbocycles. The highest BCUT2D eigenvalue weighted by molar-refractivity contribution is 5.89. The minimum atomic E-state index is -0.390. The first kappa shape index (κ1) is 16.8. The fourth-order valence-corrected chi connectivity index (χ4v) is 1.99. The molecule has 0 aliphatic carbocycles. The third kappa shape index (κ3) is 4.22. The van der Waals surface area contributed by atoms with E-state index in [0.717, 1.165) is 5.56 Å². The number of para-hydroxylation sites is 1. The van der Waals surface area contributed by atoms with Crippen molar-refractivity contribution in [3.63, 3.8) is 0 Å². The summed E-state index contributed by atoms with van der Waals surface area (Å²) in [5, 5.41) is 17.7. The first-order valence-corrected chi connectivity index (χ1v) is 7.09. The molecule has 0 aliphatic rings. The summed E-state index contributed by atoms with van der Waals surface area (Å²) in [6, 6.07) is 17.7. The lowest BCUT2D eigenvalue weighted by Crippen LogP contribution is -2.02. The van der Waals surface area contributed by atoms with E-state index in [4.69, 9.17) is 15.3 Å². The zero-order chi connectivity index (χ0) is 17.4. The number of allylic oxidation sites excluding steroid dienone is 1. The lowest BCUT2D eigenvalue weighted by atomic mass is 10.1. The van der Waals surface area contributed by atoms with Gasteiger partial charge in [0, 0.05) is 5.56 Å². The second-order valence-electron chi connectivity index (χ2n) is 4.80. The van der Waals surface area contributed by atoms with E-state index in [1.54, 1.807) is 42.5 Å². The number of nitriles is 2. The zero-order valence-corrected chi connectivity index (χ0v) is 13.0. The highest BCUT2D eigenvalue weighted by Gasteiger charge is 2.06. The molecule has 2 rings (SSSR count). The molecule has 0 radical (unpaired) electrons. The number of hydrogen-bond acceptors (Lipinski definition) is 5. The van der Waals surface area contributed by atoms with Gasteiger partial charge in [0.05, 0.1) is 12.7 Å². The normalized spacial score (nSPS) is 9.29. The molecule has 0 amide bonds. The highest BCUT2D eigenvalue weighted by atomic mass is 16.5. The molecule has 0 heterocycles. The van der Waals surface area contributed by atoms with Gasteiger partial charge in [-0.2, -0.15) is 10.5 Å².